The molecule has 1 aromatic carbocycles. The number of hydrogen-bond acceptors (Lipinski definition) is 2. The van der Waals surface area contributed by atoms with Crippen molar-refractivity contribution in [3.63, 3.8) is 0 Å². The highest BCUT2D eigenvalue weighted by Crippen LogP contribution is 2.11. The van der Waals surface area contributed by atoms with Crippen LogP contribution in [0.2, 0.25) is 0 Å². The Morgan fingerprint density at radius 2 is 2.06 bits per heavy atom. The van der Waals surface area contributed by atoms with Crippen molar-refractivity contribution in [1.29, 1.82) is 0 Å². The second kappa shape index (κ2) is 4.82. The molecule has 1 aromatic heterocycles. The largest absolute Gasteiger partial charge is 0.481 e. The Morgan fingerprint density at radius 3 is 2.59 bits per heavy atom. The maximum Gasteiger partial charge on any atom is 0.303 e. The van der Waals surface area contributed by atoms with E-state index in [4.69, 9.17) is 5.11 Å². The van der Waals surface area contributed by atoms with Crippen LogP contribution in [0.3, 0.4) is 0 Å². The van der Waals surface area contributed by atoms with Crippen LogP contribution in [-0.4, -0.2) is 20.9 Å². The number of carbonyl (C=O) groups is 1. The highest BCUT2D eigenvalue weighted by Gasteiger charge is 2.01. The van der Waals surface area contributed by atoms with Crippen LogP contribution in [0.5, 0.6) is 0 Å². The van der Waals surface area contributed by atoms with Crippen LogP contribution in [-0.2, 0) is 11.2 Å². The van der Waals surface area contributed by atoms with Gasteiger partial charge in [-0.05, 0) is 36.6 Å². The molecule has 4 nitrogen and oxygen atoms in total. The van der Waals surface area contributed by atoms with Gasteiger partial charge in [0.15, 0.2) is 0 Å². The Bertz CT molecular complexity index is 514. The fraction of sp³-hybridized carbons (Fsp3) is 0.231. The van der Waals surface area contributed by atoms with Crippen LogP contribution >= 0.6 is 0 Å². The summed E-state index contributed by atoms with van der Waals surface area (Å²) in [5.74, 6) is -0.767. The fourth-order valence-corrected chi connectivity index (χ4v) is 1.62. The molecule has 17 heavy (non-hydrogen) atoms. The molecule has 0 aliphatic heterocycles. The zero-order chi connectivity index (χ0) is 12.3. The Morgan fingerprint density at radius 1 is 1.35 bits per heavy atom. The summed E-state index contributed by atoms with van der Waals surface area (Å²) in [6.45, 7) is 1.99. The second-order valence-electron chi connectivity index (χ2n) is 4.02. The molecule has 0 unspecified atom stereocenters. The summed E-state index contributed by atoms with van der Waals surface area (Å²) < 4.78 is 1.80. The van der Waals surface area contributed by atoms with E-state index in [0.717, 1.165) is 16.8 Å². The summed E-state index contributed by atoms with van der Waals surface area (Å²) in [6.07, 6.45) is 4.48. The van der Waals surface area contributed by atoms with E-state index in [2.05, 4.69) is 5.10 Å². The van der Waals surface area contributed by atoms with Crippen LogP contribution in [0.15, 0.2) is 36.7 Å². The van der Waals surface area contributed by atoms with Gasteiger partial charge >= 0.3 is 5.97 Å². The molecule has 88 valence electrons. The summed E-state index contributed by atoms with van der Waals surface area (Å²) in [6, 6.07) is 7.78. The van der Waals surface area contributed by atoms with Crippen LogP contribution in [0.4, 0.5) is 0 Å². The van der Waals surface area contributed by atoms with E-state index in [1.165, 1.54) is 0 Å². The maximum atomic E-state index is 10.4. The Hall–Kier alpha value is -2.10. The van der Waals surface area contributed by atoms with E-state index in [9.17, 15) is 4.79 Å². The van der Waals surface area contributed by atoms with Crippen LogP contribution in [0.1, 0.15) is 17.5 Å². The number of hydrogen-bond donors (Lipinski definition) is 1. The van der Waals surface area contributed by atoms with Gasteiger partial charge in [-0.2, -0.15) is 5.10 Å². The van der Waals surface area contributed by atoms with E-state index in [1.54, 1.807) is 10.9 Å². The maximum absolute atomic E-state index is 10.4. The zero-order valence-electron chi connectivity index (χ0n) is 9.63. The first-order chi connectivity index (χ1) is 8.15. The minimum absolute atomic E-state index is 0.167. The summed E-state index contributed by atoms with van der Waals surface area (Å²) >= 11 is 0. The molecular weight excluding hydrogens is 216 g/mol. The van der Waals surface area contributed by atoms with Crippen LogP contribution in [0, 0.1) is 6.92 Å². The van der Waals surface area contributed by atoms with Crippen LogP contribution in [0.25, 0.3) is 5.69 Å². The summed E-state index contributed by atoms with van der Waals surface area (Å²) in [7, 11) is 0. The van der Waals surface area contributed by atoms with Gasteiger partial charge in [0.2, 0.25) is 0 Å². The highest BCUT2D eigenvalue weighted by molar-refractivity contribution is 5.67. The first kappa shape index (κ1) is 11.4. The minimum Gasteiger partial charge on any atom is -0.481 e. The van der Waals surface area contributed by atoms with Crippen molar-refractivity contribution in [3.05, 3.63) is 47.8 Å². The number of aliphatic carboxylic acids is 1. The SMILES string of the molecule is Cc1cnn(-c2ccc(CCC(=O)O)cc2)c1. The molecule has 1 heterocycles. The second-order valence-corrected chi connectivity index (χ2v) is 4.02. The number of rotatable bonds is 4. The number of aryl methyl sites for hydroxylation is 2. The molecule has 4 heteroatoms. The van der Waals surface area contributed by atoms with Crippen molar-refractivity contribution in [3.8, 4) is 5.69 Å². The monoisotopic (exact) mass is 230 g/mol. The van der Waals surface area contributed by atoms with E-state index in [0.29, 0.717) is 6.42 Å². The van der Waals surface area contributed by atoms with E-state index in [-0.39, 0.29) is 6.42 Å². The normalized spacial score (nSPS) is 10.4. The van der Waals surface area contributed by atoms with Gasteiger partial charge in [-0.1, -0.05) is 12.1 Å². The number of nitrogens with zero attached hydrogens (tertiary/aromatic N) is 2. The van der Waals surface area contributed by atoms with Gasteiger partial charge in [0.05, 0.1) is 11.9 Å². The third-order valence-electron chi connectivity index (χ3n) is 2.54. The molecule has 0 atom stereocenters. The quantitative estimate of drug-likeness (QED) is 0.876. The van der Waals surface area contributed by atoms with Crippen molar-refractivity contribution < 1.29 is 9.90 Å². The Kier molecular flexibility index (Phi) is 3.23. The lowest BCUT2D eigenvalue weighted by Crippen LogP contribution is -1.98. The minimum atomic E-state index is -0.767. The Labute approximate surface area is 99.5 Å². The van der Waals surface area contributed by atoms with Crippen molar-refractivity contribution in [2.75, 3.05) is 0 Å². The first-order valence-corrected chi connectivity index (χ1v) is 5.47. The molecule has 0 saturated carbocycles. The molecule has 0 amide bonds. The van der Waals surface area contributed by atoms with Crippen molar-refractivity contribution in [2.45, 2.75) is 19.8 Å². The molecular formula is C13H14N2O2. The van der Waals surface area contributed by atoms with Gasteiger partial charge in [0, 0.05) is 12.6 Å². The molecule has 0 bridgehead atoms. The lowest BCUT2D eigenvalue weighted by Gasteiger charge is -2.03. The molecule has 0 aliphatic carbocycles. The standard InChI is InChI=1S/C13H14N2O2/c1-10-8-14-15(9-10)12-5-2-11(3-6-12)4-7-13(16)17/h2-3,5-6,8-9H,4,7H2,1H3,(H,16,17). The molecule has 0 saturated heterocycles. The first-order valence-electron chi connectivity index (χ1n) is 5.47. The molecule has 0 radical (unpaired) electrons. The van der Waals surface area contributed by atoms with E-state index < -0.39 is 5.97 Å². The lowest BCUT2D eigenvalue weighted by molar-refractivity contribution is -0.136. The summed E-state index contributed by atoms with van der Waals surface area (Å²) in [5.41, 5.74) is 3.12. The molecule has 2 aromatic rings. The van der Waals surface area contributed by atoms with E-state index in [1.807, 2.05) is 37.4 Å². The number of aromatic nitrogens is 2. The molecule has 0 spiro atoms. The van der Waals surface area contributed by atoms with Gasteiger partial charge in [0.25, 0.3) is 0 Å². The zero-order valence-corrected chi connectivity index (χ0v) is 9.63. The summed E-state index contributed by atoms with van der Waals surface area (Å²) in [4.78, 5) is 10.4. The van der Waals surface area contributed by atoms with Crippen molar-refractivity contribution in [2.24, 2.45) is 0 Å². The third kappa shape index (κ3) is 2.93. The fourth-order valence-electron chi connectivity index (χ4n) is 1.62. The third-order valence-corrected chi connectivity index (χ3v) is 2.54. The van der Waals surface area contributed by atoms with E-state index >= 15 is 0 Å². The number of carboxylic acid groups (broad SMARTS) is 1. The van der Waals surface area contributed by atoms with Gasteiger partial charge in [-0.3, -0.25) is 4.79 Å². The number of benzene rings is 1. The van der Waals surface area contributed by atoms with Gasteiger partial charge in [-0.25, -0.2) is 4.68 Å². The lowest BCUT2D eigenvalue weighted by atomic mass is 10.1. The van der Waals surface area contributed by atoms with Gasteiger partial charge < -0.3 is 5.11 Å². The van der Waals surface area contributed by atoms with Crippen molar-refractivity contribution in [1.82, 2.24) is 9.78 Å². The predicted octanol–water partition coefficient (Wildman–Crippen LogP) is 2.20. The van der Waals surface area contributed by atoms with Gasteiger partial charge in [0.1, 0.15) is 0 Å². The molecule has 0 aliphatic rings. The number of carboxylic acids is 1. The van der Waals surface area contributed by atoms with Gasteiger partial charge in [-0.15, -0.1) is 0 Å². The molecule has 2 rings (SSSR count). The van der Waals surface area contributed by atoms with Crippen molar-refractivity contribution >= 4 is 5.97 Å². The topological polar surface area (TPSA) is 55.1 Å². The smallest absolute Gasteiger partial charge is 0.303 e. The average Bonchev–Trinajstić information content (AvgIpc) is 2.74. The molecule has 1 N–H and O–H groups in total. The Balaban J connectivity index is 2.10. The average molecular weight is 230 g/mol. The summed E-state index contributed by atoms with van der Waals surface area (Å²) in [5, 5.41) is 12.8. The highest BCUT2D eigenvalue weighted by atomic mass is 16.4. The predicted molar refractivity (Wildman–Crippen MR) is 64.3 cm³/mol. The molecule has 0 fully saturated rings. The van der Waals surface area contributed by atoms with Crippen LogP contribution < -0.4 is 0 Å².